The first-order valence-electron chi connectivity index (χ1n) is 7.32. The topological polar surface area (TPSA) is 69.0 Å². The second kappa shape index (κ2) is 7.13. The van der Waals surface area contributed by atoms with Crippen molar-refractivity contribution in [2.24, 2.45) is 0 Å². The van der Waals surface area contributed by atoms with Crippen LogP contribution in [-0.2, 0) is 0 Å². The number of halogens is 2. The predicted octanol–water partition coefficient (Wildman–Crippen LogP) is 4.14. The van der Waals surface area contributed by atoms with Crippen LogP contribution in [0.15, 0.2) is 42.5 Å². The molecule has 8 heteroatoms. The summed E-state index contributed by atoms with van der Waals surface area (Å²) in [6.45, 7) is 1.76. The Kier molecular flexibility index (Phi) is 4.92. The number of hydrogen-bond donors (Lipinski definition) is 1. The molecular weight excluding hydrogens is 363 g/mol. The molecule has 6 nitrogen and oxygen atoms in total. The number of anilines is 1. The molecular formula is C17H14Cl2N4O2. The van der Waals surface area contributed by atoms with Crippen molar-refractivity contribution in [3.63, 3.8) is 0 Å². The van der Waals surface area contributed by atoms with Gasteiger partial charge in [-0.3, -0.25) is 4.79 Å². The lowest BCUT2D eigenvalue weighted by atomic mass is 10.2. The van der Waals surface area contributed by atoms with Crippen LogP contribution >= 0.6 is 23.2 Å². The summed E-state index contributed by atoms with van der Waals surface area (Å²) in [4.78, 5) is 12.5. The Labute approximate surface area is 154 Å². The molecule has 0 atom stereocenters. The van der Waals surface area contributed by atoms with Gasteiger partial charge in [-0.2, -0.15) is 0 Å². The highest BCUT2D eigenvalue weighted by Gasteiger charge is 2.18. The van der Waals surface area contributed by atoms with Crippen LogP contribution in [0.2, 0.25) is 10.0 Å². The van der Waals surface area contributed by atoms with Crippen molar-refractivity contribution in [1.29, 1.82) is 0 Å². The average molecular weight is 377 g/mol. The molecule has 0 aliphatic heterocycles. The lowest BCUT2D eigenvalue weighted by molar-refractivity contribution is 0.102. The fraction of sp³-hybridized carbons (Fsp3) is 0.118. The molecule has 0 unspecified atom stereocenters. The van der Waals surface area contributed by atoms with Gasteiger partial charge in [-0.15, -0.1) is 5.10 Å². The van der Waals surface area contributed by atoms with E-state index in [1.807, 2.05) is 6.07 Å². The van der Waals surface area contributed by atoms with E-state index in [0.717, 1.165) is 5.69 Å². The summed E-state index contributed by atoms with van der Waals surface area (Å²) in [5.41, 5.74) is 2.07. The van der Waals surface area contributed by atoms with E-state index in [1.54, 1.807) is 48.0 Å². The molecule has 128 valence electrons. The maximum absolute atomic E-state index is 12.5. The van der Waals surface area contributed by atoms with E-state index >= 15 is 0 Å². The average Bonchev–Trinajstić information content (AvgIpc) is 2.96. The number of hydrogen-bond acceptors (Lipinski definition) is 4. The molecule has 0 spiro atoms. The molecule has 3 aromatic rings. The normalized spacial score (nSPS) is 10.6. The summed E-state index contributed by atoms with van der Waals surface area (Å²) >= 11 is 12.1. The van der Waals surface area contributed by atoms with Crippen LogP contribution in [0.3, 0.4) is 0 Å². The number of ether oxygens (including phenoxy) is 1. The Morgan fingerprint density at radius 3 is 2.68 bits per heavy atom. The molecule has 0 radical (unpaired) electrons. The highest BCUT2D eigenvalue weighted by Crippen LogP contribution is 2.27. The van der Waals surface area contributed by atoms with Gasteiger partial charge in [-0.25, -0.2) is 4.68 Å². The van der Waals surface area contributed by atoms with E-state index in [-0.39, 0.29) is 11.6 Å². The summed E-state index contributed by atoms with van der Waals surface area (Å²) in [6, 6.07) is 12.1. The Balaban J connectivity index is 1.85. The number of nitrogens with one attached hydrogen (secondary N) is 1. The smallest absolute Gasteiger partial charge is 0.278 e. The van der Waals surface area contributed by atoms with Crippen LogP contribution in [0.5, 0.6) is 5.75 Å². The summed E-state index contributed by atoms with van der Waals surface area (Å²) < 4.78 is 6.65. The first kappa shape index (κ1) is 17.3. The van der Waals surface area contributed by atoms with Crippen molar-refractivity contribution in [3.05, 3.63) is 63.9 Å². The summed E-state index contributed by atoms with van der Waals surface area (Å²) in [7, 11) is 1.52. The Hall–Kier alpha value is -2.57. The fourth-order valence-electron chi connectivity index (χ4n) is 2.33. The van der Waals surface area contributed by atoms with E-state index < -0.39 is 0 Å². The summed E-state index contributed by atoms with van der Waals surface area (Å²) in [6.07, 6.45) is 0. The van der Waals surface area contributed by atoms with Crippen LogP contribution in [0.25, 0.3) is 5.69 Å². The quantitative estimate of drug-likeness (QED) is 0.742. The molecule has 0 fully saturated rings. The minimum atomic E-state index is -0.382. The number of aromatic nitrogens is 3. The van der Waals surface area contributed by atoms with Crippen LogP contribution in [0, 0.1) is 6.92 Å². The summed E-state index contributed by atoms with van der Waals surface area (Å²) in [5.74, 6) is 0.148. The van der Waals surface area contributed by atoms with Crippen LogP contribution in [0.1, 0.15) is 16.2 Å². The second-order valence-electron chi connectivity index (χ2n) is 5.22. The van der Waals surface area contributed by atoms with Gasteiger partial charge in [-0.1, -0.05) is 34.5 Å². The van der Waals surface area contributed by atoms with Crippen molar-refractivity contribution >= 4 is 34.8 Å². The number of amides is 1. The first-order chi connectivity index (χ1) is 12.0. The molecule has 25 heavy (non-hydrogen) atoms. The zero-order chi connectivity index (χ0) is 18.0. The minimum Gasteiger partial charge on any atom is -0.495 e. The van der Waals surface area contributed by atoms with E-state index in [9.17, 15) is 4.79 Å². The van der Waals surface area contributed by atoms with E-state index in [4.69, 9.17) is 27.9 Å². The molecule has 0 bridgehead atoms. The monoisotopic (exact) mass is 376 g/mol. The van der Waals surface area contributed by atoms with Gasteiger partial charge in [-0.05, 0) is 43.3 Å². The predicted molar refractivity (Wildman–Crippen MR) is 97.1 cm³/mol. The number of carbonyl (C=O) groups is 1. The maximum Gasteiger partial charge on any atom is 0.278 e. The van der Waals surface area contributed by atoms with E-state index in [2.05, 4.69) is 15.6 Å². The van der Waals surface area contributed by atoms with Gasteiger partial charge in [0.1, 0.15) is 5.75 Å². The molecule has 1 amide bonds. The van der Waals surface area contributed by atoms with Crippen molar-refractivity contribution in [1.82, 2.24) is 15.0 Å². The van der Waals surface area contributed by atoms with E-state index in [1.165, 1.54) is 7.11 Å². The Morgan fingerprint density at radius 2 is 2.00 bits per heavy atom. The van der Waals surface area contributed by atoms with Gasteiger partial charge >= 0.3 is 0 Å². The Morgan fingerprint density at radius 1 is 1.20 bits per heavy atom. The number of benzene rings is 2. The standard InChI is InChI=1S/C17H14Cl2N4O2/c1-10-16(21-22-23(10)13-5-3-4-11(18)8-13)17(24)20-12-6-7-15(25-2)14(19)9-12/h3-9H,1-2H3,(H,20,24). The molecule has 1 heterocycles. The number of rotatable bonds is 4. The lowest BCUT2D eigenvalue weighted by Crippen LogP contribution is -2.14. The summed E-state index contributed by atoms with van der Waals surface area (Å²) in [5, 5.41) is 11.7. The van der Waals surface area contributed by atoms with Crippen LogP contribution < -0.4 is 10.1 Å². The molecule has 3 rings (SSSR count). The second-order valence-corrected chi connectivity index (χ2v) is 6.06. The fourth-order valence-corrected chi connectivity index (χ4v) is 2.77. The highest BCUT2D eigenvalue weighted by atomic mass is 35.5. The van der Waals surface area contributed by atoms with Crippen LogP contribution in [-0.4, -0.2) is 28.0 Å². The maximum atomic E-state index is 12.5. The largest absolute Gasteiger partial charge is 0.495 e. The molecule has 0 saturated heterocycles. The molecule has 1 N–H and O–H groups in total. The van der Waals surface area contributed by atoms with Gasteiger partial charge in [0, 0.05) is 10.7 Å². The zero-order valence-corrected chi connectivity index (χ0v) is 15.0. The van der Waals surface area contributed by atoms with Crippen molar-refractivity contribution in [2.45, 2.75) is 6.92 Å². The molecule has 2 aromatic carbocycles. The number of carbonyl (C=O) groups excluding carboxylic acids is 1. The third-order valence-electron chi connectivity index (χ3n) is 3.57. The molecule has 0 aliphatic carbocycles. The minimum absolute atomic E-state index is 0.215. The van der Waals surface area contributed by atoms with Crippen molar-refractivity contribution in [3.8, 4) is 11.4 Å². The van der Waals surface area contributed by atoms with Crippen LogP contribution in [0.4, 0.5) is 5.69 Å². The lowest BCUT2D eigenvalue weighted by Gasteiger charge is -2.07. The van der Waals surface area contributed by atoms with Gasteiger partial charge in [0.25, 0.3) is 5.91 Å². The van der Waals surface area contributed by atoms with Gasteiger partial charge in [0.15, 0.2) is 5.69 Å². The van der Waals surface area contributed by atoms with Gasteiger partial charge in [0.2, 0.25) is 0 Å². The first-order valence-corrected chi connectivity index (χ1v) is 8.08. The number of nitrogens with zero attached hydrogens (tertiary/aromatic N) is 3. The molecule has 0 saturated carbocycles. The Bertz CT molecular complexity index is 940. The van der Waals surface area contributed by atoms with Gasteiger partial charge in [0.05, 0.1) is 23.5 Å². The molecule has 0 aliphatic rings. The SMILES string of the molecule is COc1ccc(NC(=O)c2nnn(-c3cccc(Cl)c3)c2C)cc1Cl. The third kappa shape index (κ3) is 3.60. The third-order valence-corrected chi connectivity index (χ3v) is 4.10. The van der Waals surface area contributed by atoms with Gasteiger partial charge < -0.3 is 10.1 Å². The van der Waals surface area contributed by atoms with E-state index in [0.29, 0.717) is 27.2 Å². The zero-order valence-electron chi connectivity index (χ0n) is 13.5. The molecule has 1 aromatic heterocycles. The van der Waals surface area contributed by atoms with Crippen molar-refractivity contribution in [2.75, 3.05) is 12.4 Å². The number of methoxy groups -OCH3 is 1. The highest BCUT2D eigenvalue weighted by molar-refractivity contribution is 6.32. The van der Waals surface area contributed by atoms with Crippen molar-refractivity contribution < 1.29 is 9.53 Å².